The number of carbonyl (C=O) groups excluding carboxylic acids is 3. The molecular formula is C33H38N8O4S. The largest absolute Gasteiger partial charge is 0.359 e. The molecule has 0 radical (unpaired) electrons. The molecule has 0 fully saturated rings. The summed E-state index contributed by atoms with van der Waals surface area (Å²) in [4.78, 5) is 46.7. The molecule has 3 N–H and O–H groups in total. The van der Waals surface area contributed by atoms with E-state index in [2.05, 4.69) is 42.3 Å². The summed E-state index contributed by atoms with van der Waals surface area (Å²) in [6.45, 7) is 4.14. The number of tetrazole rings is 1. The Kier molecular flexibility index (Phi) is 9.50. The number of carbonyl (C=O) groups is 3. The lowest BCUT2D eigenvalue weighted by Gasteiger charge is -2.38. The minimum absolute atomic E-state index is 0.0513. The van der Waals surface area contributed by atoms with Crippen LogP contribution in [0, 0.1) is 11.8 Å². The standard InChI is InChI=1S/C33H38N8O4S/c1-4-19(2)24(16-34-29(42)15-22-18-46-27-11-6-5-10-23(22)27)31(43)36-25-13-12-20-8-7-9-21-14-26(41(30(20)21)33(25)45-3)32(44)35-17-28-37-39-40-38-28/h5-11,16,18-19,24-26,33H,4,12-15,17H2,1-3H3,(H,35,44)(H,36,43)(H,37,38,39,40). The first kappa shape index (κ1) is 31.5. The molecular weight excluding hydrogens is 604 g/mol. The summed E-state index contributed by atoms with van der Waals surface area (Å²) in [6, 6.07) is 13.1. The van der Waals surface area contributed by atoms with Gasteiger partial charge in [0.25, 0.3) is 0 Å². The van der Waals surface area contributed by atoms with Crippen LogP contribution in [0.5, 0.6) is 0 Å². The third-order valence-electron chi connectivity index (χ3n) is 9.08. The topological polar surface area (TPSA) is 155 Å². The van der Waals surface area contributed by atoms with Gasteiger partial charge >= 0.3 is 0 Å². The van der Waals surface area contributed by atoms with Gasteiger partial charge in [0, 0.05) is 30.1 Å². The highest BCUT2D eigenvalue weighted by Gasteiger charge is 2.45. The monoisotopic (exact) mass is 642 g/mol. The molecule has 240 valence electrons. The van der Waals surface area contributed by atoms with Crippen molar-refractivity contribution in [1.82, 2.24) is 31.3 Å². The first-order valence-corrected chi connectivity index (χ1v) is 16.5. The number of ether oxygens (including phenoxy) is 1. The molecule has 2 aromatic carbocycles. The predicted molar refractivity (Wildman–Crippen MR) is 175 cm³/mol. The number of aromatic amines is 1. The number of fused-ring (bicyclic) bond motifs is 1. The molecule has 0 spiro atoms. The third kappa shape index (κ3) is 6.42. The number of aromatic nitrogens is 4. The van der Waals surface area contributed by atoms with E-state index in [4.69, 9.17) is 4.74 Å². The number of para-hydroxylation sites is 1. The van der Waals surface area contributed by atoms with E-state index >= 15 is 0 Å². The molecule has 2 aromatic heterocycles. The van der Waals surface area contributed by atoms with E-state index in [1.807, 2.05) is 60.5 Å². The first-order valence-electron chi connectivity index (χ1n) is 15.6. The van der Waals surface area contributed by atoms with Crippen LogP contribution in [0.25, 0.3) is 10.1 Å². The molecule has 4 heterocycles. The van der Waals surface area contributed by atoms with Crippen LogP contribution in [0.2, 0.25) is 0 Å². The Morgan fingerprint density at radius 3 is 2.80 bits per heavy atom. The number of anilines is 1. The Labute approximate surface area is 271 Å². The number of aryl methyl sites for hydroxylation is 1. The van der Waals surface area contributed by atoms with Crippen molar-refractivity contribution in [3.05, 3.63) is 70.4 Å². The molecule has 4 aromatic rings. The van der Waals surface area contributed by atoms with Crippen molar-refractivity contribution in [3.63, 3.8) is 0 Å². The van der Waals surface area contributed by atoms with Gasteiger partial charge in [0.1, 0.15) is 6.04 Å². The van der Waals surface area contributed by atoms with Crippen LogP contribution < -0.4 is 15.5 Å². The van der Waals surface area contributed by atoms with E-state index in [9.17, 15) is 14.4 Å². The van der Waals surface area contributed by atoms with Crippen molar-refractivity contribution in [3.8, 4) is 0 Å². The lowest BCUT2D eigenvalue weighted by molar-refractivity contribution is -0.126. The zero-order chi connectivity index (χ0) is 32.2. The van der Waals surface area contributed by atoms with Gasteiger partial charge in [-0.25, -0.2) is 4.99 Å². The molecule has 2 aliphatic heterocycles. The van der Waals surface area contributed by atoms with Gasteiger partial charge in [0.2, 0.25) is 17.7 Å². The van der Waals surface area contributed by atoms with Crippen molar-refractivity contribution >= 4 is 51.0 Å². The van der Waals surface area contributed by atoms with Crippen molar-refractivity contribution in [1.29, 1.82) is 0 Å². The highest BCUT2D eigenvalue weighted by molar-refractivity contribution is 7.17. The molecule has 3 amide bonds. The average Bonchev–Trinajstić information content (AvgIpc) is 3.80. The number of nitrogens with one attached hydrogen (secondary N) is 3. The van der Waals surface area contributed by atoms with Crippen LogP contribution in [0.15, 0.2) is 52.8 Å². The third-order valence-corrected chi connectivity index (χ3v) is 10.1. The Hall–Kier alpha value is -4.49. The summed E-state index contributed by atoms with van der Waals surface area (Å²) in [5.74, 6) is -0.980. The number of aliphatic imine (C=N–C) groups is 1. The Bertz CT molecular complexity index is 1740. The fourth-order valence-electron chi connectivity index (χ4n) is 6.49. The molecule has 0 saturated carbocycles. The van der Waals surface area contributed by atoms with E-state index in [1.165, 1.54) is 6.21 Å². The number of amides is 3. The minimum atomic E-state index is -0.612. The van der Waals surface area contributed by atoms with Crippen molar-refractivity contribution < 1.29 is 19.1 Å². The fraction of sp³-hybridized carbons (Fsp3) is 0.424. The van der Waals surface area contributed by atoms with Crippen LogP contribution in [-0.2, 0) is 44.9 Å². The van der Waals surface area contributed by atoms with Crippen LogP contribution in [-0.4, -0.2) is 70.0 Å². The summed E-state index contributed by atoms with van der Waals surface area (Å²) in [6.07, 6.45) is 3.64. The van der Waals surface area contributed by atoms with E-state index in [0.717, 1.165) is 38.9 Å². The van der Waals surface area contributed by atoms with E-state index in [-0.39, 0.29) is 36.6 Å². The second-order valence-electron chi connectivity index (χ2n) is 11.9. The van der Waals surface area contributed by atoms with Crippen LogP contribution in [0.1, 0.15) is 49.2 Å². The van der Waals surface area contributed by atoms with Crippen LogP contribution >= 0.6 is 11.3 Å². The highest BCUT2D eigenvalue weighted by Crippen LogP contribution is 2.41. The average molecular weight is 643 g/mol. The second-order valence-corrected chi connectivity index (χ2v) is 12.8. The van der Waals surface area contributed by atoms with Crippen LogP contribution in [0.4, 0.5) is 5.69 Å². The van der Waals surface area contributed by atoms with Gasteiger partial charge in [-0.15, -0.1) is 21.5 Å². The van der Waals surface area contributed by atoms with Gasteiger partial charge in [-0.1, -0.05) is 61.9 Å². The quantitative estimate of drug-likeness (QED) is 0.211. The van der Waals surface area contributed by atoms with Crippen molar-refractivity contribution in [2.75, 3.05) is 12.0 Å². The zero-order valence-electron chi connectivity index (χ0n) is 26.1. The summed E-state index contributed by atoms with van der Waals surface area (Å²) in [5, 5.41) is 23.0. The number of nitrogens with zero attached hydrogens (tertiary/aromatic N) is 5. The number of hydrogen-bond acceptors (Lipinski definition) is 9. The smallest absolute Gasteiger partial charge is 0.249 e. The van der Waals surface area contributed by atoms with Crippen molar-refractivity contribution in [2.45, 2.75) is 70.8 Å². The van der Waals surface area contributed by atoms with Gasteiger partial charge in [0.15, 0.2) is 12.1 Å². The molecule has 46 heavy (non-hydrogen) atoms. The summed E-state index contributed by atoms with van der Waals surface area (Å²) >= 11 is 1.60. The number of rotatable bonds is 11. The molecule has 0 saturated heterocycles. The Morgan fingerprint density at radius 2 is 2.02 bits per heavy atom. The molecule has 0 bridgehead atoms. The number of hydrogen-bond donors (Lipinski definition) is 3. The maximum atomic E-state index is 13.9. The molecule has 13 heteroatoms. The normalized spacial score (nSPS) is 20.3. The summed E-state index contributed by atoms with van der Waals surface area (Å²) < 4.78 is 7.20. The molecule has 0 aliphatic carbocycles. The predicted octanol–water partition coefficient (Wildman–Crippen LogP) is 3.37. The summed E-state index contributed by atoms with van der Waals surface area (Å²) in [5.41, 5.74) is 4.09. The van der Waals surface area contributed by atoms with Gasteiger partial charge in [-0.2, -0.15) is 5.21 Å². The van der Waals surface area contributed by atoms with Gasteiger partial charge in [-0.3, -0.25) is 14.4 Å². The van der Waals surface area contributed by atoms with Gasteiger partial charge in [-0.05, 0) is 52.3 Å². The maximum absolute atomic E-state index is 13.9. The fourth-order valence-corrected chi connectivity index (χ4v) is 7.45. The molecule has 6 rings (SSSR count). The Morgan fingerprint density at radius 1 is 1.20 bits per heavy atom. The van der Waals surface area contributed by atoms with E-state index in [1.54, 1.807) is 18.4 Å². The SMILES string of the molecule is CCC(C)C(C=NC(=O)Cc1csc2ccccc12)C(=O)NC1CCc2cccc3c2N(C(C(=O)NCc2nn[nH]n2)C3)C1OC. The van der Waals surface area contributed by atoms with Gasteiger partial charge in [0.05, 0.1) is 24.9 Å². The first-order chi connectivity index (χ1) is 22.4. The second kappa shape index (κ2) is 13.9. The number of H-pyrrole nitrogens is 1. The van der Waals surface area contributed by atoms with Crippen molar-refractivity contribution in [2.24, 2.45) is 16.8 Å². The van der Waals surface area contributed by atoms with E-state index in [0.29, 0.717) is 25.1 Å². The lowest BCUT2D eigenvalue weighted by atomic mass is 9.91. The van der Waals surface area contributed by atoms with Gasteiger partial charge < -0.3 is 20.3 Å². The van der Waals surface area contributed by atoms with E-state index < -0.39 is 24.2 Å². The highest BCUT2D eigenvalue weighted by atomic mass is 32.1. The zero-order valence-corrected chi connectivity index (χ0v) is 26.9. The number of benzene rings is 2. The van der Waals surface area contributed by atoms with Crippen LogP contribution in [0.3, 0.4) is 0 Å². The minimum Gasteiger partial charge on any atom is -0.359 e. The molecule has 5 atom stereocenters. The number of thiophene rings is 1. The molecule has 12 nitrogen and oxygen atoms in total. The Balaban J connectivity index is 1.19. The lowest BCUT2D eigenvalue weighted by Crippen LogP contribution is -2.58. The maximum Gasteiger partial charge on any atom is 0.249 e. The number of methoxy groups -OCH3 is 1. The summed E-state index contributed by atoms with van der Waals surface area (Å²) in [7, 11) is 1.60. The molecule has 5 unspecified atom stereocenters. The molecule has 2 aliphatic rings.